The normalized spacial score (nSPS) is 15.1. The molecular weight excluding hydrogens is 353 g/mol. The number of piperazine rings is 1. The number of benzene rings is 2. The van der Waals surface area contributed by atoms with Crippen LogP contribution in [0.2, 0.25) is 5.02 Å². The largest absolute Gasteiger partial charge is 0.369 e. The lowest BCUT2D eigenvalue weighted by molar-refractivity contribution is -0.121. The van der Waals surface area contributed by atoms with Crippen molar-refractivity contribution in [1.82, 2.24) is 10.2 Å². The van der Waals surface area contributed by atoms with Gasteiger partial charge < -0.3 is 10.2 Å². The van der Waals surface area contributed by atoms with Crippen LogP contribution in [0.25, 0.3) is 0 Å². The summed E-state index contributed by atoms with van der Waals surface area (Å²) in [4.78, 5) is 16.6. The van der Waals surface area contributed by atoms with E-state index in [1.54, 1.807) is 18.2 Å². The highest BCUT2D eigenvalue weighted by molar-refractivity contribution is 6.30. The summed E-state index contributed by atoms with van der Waals surface area (Å²) in [6.45, 7) is 4.65. The van der Waals surface area contributed by atoms with Crippen molar-refractivity contribution in [3.8, 4) is 0 Å². The van der Waals surface area contributed by atoms with E-state index in [2.05, 4.69) is 15.1 Å². The smallest absolute Gasteiger partial charge is 0.221 e. The molecule has 1 aliphatic rings. The van der Waals surface area contributed by atoms with Crippen LogP contribution in [0.15, 0.2) is 48.5 Å². The Morgan fingerprint density at radius 1 is 1.04 bits per heavy atom. The molecule has 0 spiro atoms. The van der Waals surface area contributed by atoms with E-state index in [-0.39, 0.29) is 18.3 Å². The first kappa shape index (κ1) is 18.7. The van der Waals surface area contributed by atoms with Gasteiger partial charge >= 0.3 is 0 Å². The maximum absolute atomic E-state index is 13.5. The summed E-state index contributed by atoms with van der Waals surface area (Å²) < 4.78 is 13.5. The van der Waals surface area contributed by atoms with Gasteiger partial charge in [-0.3, -0.25) is 9.69 Å². The second-order valence-corrected chi connectivity index (χ2v) is 6.86. The van der Waals surface area contributed by atoms with Crippen molar-refractivity contribution in [2.75, 3.05) is 37.6 Å². The number of hydrogen-bond donors (Lipinski definition) is 1. The Morgan fingerprint density at radius 2 is 1.73 bits per heavy atom. The third-order valence-electron chi connectivity index (χ3n) is 4.65. The highest BCUT2D eigenvalue weighted by atomic mass is 35.5. The molecule has 0 radical (unpaired) electrons. The number of anilines is 1. The molecule has 0 unspecified atom stereocenters. The fraction of sp³-hybridized carbons (Fsp3) is 0.350. The molecule has 4 nitrogen and oxygen atoms in total. The van der Waals surface area contributed by atoms with Crippen molar-refractivity contribution in [3.05, 3.63) is 64.9 Å². The summed E-state index contributed by atoms with van der Waals surface area (Å²) in [6, 6.07) is 14.4. The number of carbonyl (C=O) groups excluding carboxylic acids is 1. The summed E-state index contributed by atoms with van der Waals surface area (Å²) in [7, 11) is 0. The molecule has 0 bridgehead atoms. The first-order valence-corrected chi connectivity index (χ1v) is 9.22. The number of rotatable bonds is 6. The fourth-order valence-electron chi connectivity index (χ4n) is 3.07. The number of amides is 1. The number of nitrogens with zero attached hydrogens (tertiary/aromatic N) is 2. The predicted octanol–water partition coefficient (Wildman–Crippen LogP) is 3.31. The Bertz CT molecular complexity index is 730. The molecule has 138 valence electrons. The number of hydrogen-bond acceptors (Lipinski definition) is 3. The maximum atomic E-state index is 13.5. The summed E-state index contributed by atoms with van der Waals surface area (Å²) in [5.74, 6) is -0.334. The summed E-state index contributed by atoms with van der Waals surface area (Å²) in [5.41, 5.74) is 1.69. The third kappa shape index (κ3) is 5.19. The SMILES string of the molecule is O=C(CCN1CCN(c2ccc(Cl)cc2)CC1)NCc1ccccc1F. The van der Waals surface area contributed by atoms with Crippen LogP contribution in [0.3, 0.4) is 0 Å². The van der Waals surface area contributed by atoms with Crippen molar-refractivity contribution in [1.29, 1.82) is 0 Å². The van der Waals surface area contributed by atoms with Gasteiger partial charge in [0.05, 0.1) is 0 Å². The molecule has 1 saturated heterocycles. The molecule has 0 saturated carbocycles. The lowest BCUT2D eigenvalue weighted by Crippen LogP contribution is -2.47. The highest BCUT2D eigenvalue weighted by Gasteiger charge is 2.17. The van der Waals surface area contributed by atoms with Crippen molar-refractivity contribution in [3.63, 3.8) is 0 Å². The van der Waals surface area contributed by atoms with Gasteiger partial charge in [0.15, 0.2) is 0 Å². The van der Waals surface area contributed by atoms with Gasteiger partial charge in [0.2, 0.25) is 5.91 Å². The van der Waals surface area contributed by atoms with Gasteiger partial charge in [-0.2, -0.15) is 0 Å². The van der Waals surface area contributed by atoms with Crippen molar-refractivity contribution in [2.45, 2.75) is 13.0 Å². The second kappa shape index (κ2) is 9.01. The molecule has 0 aliphatic carbocycles. The molecule has 1 aliphatic heterocycles. The molecule has 1 amide bonds. The number of halogens is 2. The third-order valence-corrected chi connectivity index (χ3v) is 4.90. The lowest BCUT2D eigenvalue weighted by atomic mass is 10.2. The van der Waals surface area contributed by atoms with E-state index >= 15 is 0 Å². The Balaban J connectivity index is 1.37. The minimum absolute atomic E-state index is 0.0478. The second-order valence-electron chi connectivity index (χ2n) is 6.42. The fourth-order valence-corrected chi connectivity index (χ4v) is 3.19. The van der Waals surface area contributed by atoms with Crippen LogP contribution in [0.4, 0.5) is 10.1 Å². The Hall–Kier alpha value is -2.11. The Kier molecular flexibility index (Phi) is 6.47. The molecule has 26 heavy (non-hydrogen) atoms. The van der Waals surface area contributed by atoms with Gasteiger partial charge in [0.1, 0.15) is 5.82 Å². The zero-order valence-corrected chi connectivity index (χ0v) is 15.4. The van der Waals surface area contributed by atoms with E-state index in [1.165, 1.54) is 11.8 Å². The van der Waals surface area contributed by atoms with Gasteiger partial charge in [0.25, 0.3) is 0 Å². The van der Waals surface area contributed by atoms with Crippen LogP contribution in [0, 0.1) is 5.82 Å². The first-order chi connectivity index (χ1) is 12.6. The van der Waals surface area contributed by atoms with Crippen molar-refractivity contribution < 1.29 is 9.18 Å². The van der Waals surface area contributed by atoms with E-state index in [4.69, 9.17) is 11.6 Å². The number of carbonyl (C=O) groups is 1. The lowest BCUT2D eigenvalue weighted by Gasteiger charge is -2.36. The standard InChI is InChI=1S/C20H23ClFN3O/c21-17-5-7-18(8-6-17)25-13-11-24(12-14-25)10-9-20(26)23-15-16-3-1-2-4-19(16)22/h1-8H,9-15H2,(H,23,26). The molecular formula is C20H23ClFN3O. The molecule has 0 aromatic heterocycles. The van der Waals surface area contributed by atoms with Crippen LogP contribution in [-0.2, 0) is 11.3 Å². The minimum atomic E-state index is -0.286. The molecule has 1 heterocycles. The van der Waals surface area contributed by atoms with E-state index < -0.39 is 0 Å². The van der Waals surface area contributed by atoms with Crippen molar-refractivity contribution >= 4 is 23.2 Å². The quantitative estimate of drug-likeness (QED) is 0.841. The van der Waals surface area contributed by atoms with Crippen LogP contribution in [0.5, 0.6) is 0 Å². The van der Waals surface area contributed by atoms with Gasteiger partial charge in [-0.1, -0.05) is 29.8 Å². The van der Waals surface area contributed by atoms with Crippen LogP contribution in [0.1, 0.15) is 12.0 Å². The summed E-state index contributed by atoms with van der Waals surface area (Å²) in [6.07, 6.45) is 0.426. The Morgan fingerprint density at radius 3 is 2.42 bits per heavy atom. The summed E-state index contributed by atoms with van der Waals surface area (Å²) in [5, 5.41) is 3.53. The summed E-state index contributed by atoms with van der Waals surface area (Å²) >= 11 is 5.93. The van der Waals surface area contributed by atoms with E-state index in [9.17, 15) is 9.18 Å². The molecule has 2 aromatic rings. The van der Waals surface area contributed by atoms with Crippen molar-refractivity contribution in [2.24, 2.45) is 0 Å². The molecule has 6 heteroatoms. The monoisotopic (exact) mass is 375 g/mol. The zero-order valence-electron chi connectivity index (χ0n) is 14.6. The van der Waals surface area contributed by atoms with Gasteiger partial charge in [0, 0.05) is 62.0 Å². The first-order valence-electron chi connectivity index (χ1n) is 8.85. The highest BCUT2D eigenvalue weighted by Crippen LogP contribution is 2.19. The minimum Gasteiger partial charge on any atom is -0.369 e. The molecule has 1 N–H and O–H groups in total. The van der Waals surface area contributed by atoms with Crippen LogP contribution >= 0.6 is 11.6 Å². The van der Waals surface area contributed by atoms with Gasteiger partial charge in [-0.05, 0) is 30.3 Å². The topological polar surface area (TPSA) is 35.6 Å². The molecule has 0 atom stereocenters. The average molecular weight is 376 g/mol. The van der Waals surface area contributed by atoms with E-state index in [1.807, 2.05) is 24.3 Å². The number of nitrogens with one attached hydrogen (secondary N) is 1. The predicted molar refractivity (Wildman–Crippen MR) is 103 cm³/mol. The van der Waals surface area contributed by atoms with Crippen LogP contribution in [-0.4, -0.2) is 43.5 Å². The van der Waals surface area contributed by atoms with E-state index in [0.29, 0.717) is 12.0 Å². The van der Waals surface area contributed by atoms with Gasteiger partial charge in [-0.15, -0.1) is 0 Å². The van der Waals surface area contributed by atoms with Crippen LogP contribution < -0.4 is 10.2 Å². The molecule has 1 fully saturated rings. The molecule has 3 rings (SSSR count). The molecule has 2 aromatic carbocycles. The Labute approximate surface area is 158 Å². The van der Waals surface area contributed by atoms with E-state index in [0.717, 1.165) is 37.7 Å². The average Bonchev–Trinajstić information content (AvgIpc) is 2.67. The zero-order chi connectivity index (χ0) is 18.4. The maximum Gasteiger partial charge on any atom is 0.221 e. The van der Waals surface area contributed by atoms with Gasteiger partial charge in [-0.25, -0.2) is 4.39 Å².